The molecule has 0 bridgehead atoms. The molecule has 504 valence electrons. The molecule has 0 aliphatic carbocycles. The monoisotopic (exact) mass is 1440 g/mol. The van der Waals surface area contributed by atoms with Crippen LogP contribution in [0.3, 0.4) is 0 Å². The second kappa shape index (κ2) is 22.6. The minimum atomic E-state index is -1.13. The Morgan fingerprint density at radius 3 is 1.00 bits per heavy atom. The van der Waals surface area contributed by atoms with Gasteiger partial charge in [0.05, 0.1) is 65.8 Å². The molecule has 0 amide bonds. The number of fused-ring (bicyclic) bond motifs is 8. The van der Waals surface area contributed by atoms with Crippen LogP contribution in [0.15, 0.2) is 372 Å². The first-order valence-corrected chi connectivity index (χ1v) is 34.3. The van der Waals surface area contributed by atoms with Crippen molar-refractivity contribution in [3.8, 4) is 66.8 Å². The summed E-state index contributed by atoms with van der Waals surface area (Å²) in [6.45, 7) is 0. The summed E-state index contributed by atoms with van der Waals surface area (Å²) in [5, 5.41) is -6.24. The van der Waals surface area contributed by atoms with Gasteiger partial charge in [0.15, 0.2) is 0 Å². The molecule has 0 spiro atoms. The number of furan rings is 2. The number of hydrogen-bond acceptors (Lipinski definition) is 2. The molecule has 24 aromatic carbocycles. The molecule has 0 N–H and O–H groups in total. The van der Waals surface area contributed by atoms with E-state index in [1.54, 1.807) is 24.3 Å². The summed E-state index contributed by atoms with van der Waals surface area (Å²) in [7, 11) is 0. The normalized spacial score (nSPS) is 18.5. The lowest BCUT2D eigenvalue weighted by Gasteiger charge is -2.18. The van der Waals surface area contributed by atoms with E-state index in [0.29, 0.717) is 22.3 Å². The Bertz CT molecular complexity index is 11000. The predicted octanol–water partition coefficient (Wildman–Crippen LogP) is 31.1. The largest absolute Gasteiger partial charge is 0.456 e. The molecule has 0 unspecified atom stereocenters. The smallest absolute Gasteiger partial charge is 0.136 e. The van der Waals surface area contributed by atoms with E-state index in [1.165, 1.54) is 6.07 Å². The molecule has 0 saturated heterocycles. The van der Waals surface area contributed by atoms with Gasteiger partial charge in [0.25, 0.3) is 0 Å². The summed E-state index contributed by atoms with van der Waals surface area (Å²) < 4.78 is 456. The molecule has 2 aromatic heterocycles. The van der Waals surface area contributed by atoms with E-state index in [1.807, 2.05) is 42.5 Å². The van der Waals surface area contributed by atoms with E-state index in [0.717, 1.165) is 21.5 Å². The summed E-state index contributed by atoms with van der Waals surface area (Å²) in [6.07, 6.45) is 0. The van der Waals surface area contributed by atoms with E-state index < -0.39 is 410 Å². The van der Waals surface area contributed by atoms with Gasteiger partial charge in [-0.15, -0.1) is 0 Å². The predicted molar refractivity (Wildman–Crippen MR) is 470 cm³/mol. The molecule has 2 heterocycles. The highest BCUT2D eigenvalue weighted by Crippen LogP contribution is 2.49. The second-order valence-corrected chi connectivity index (χ2v) is 26.6. The third-order valence-electron chi connectivity index (χ3n) is 20.6. The van der Waals surface area contributed by atoms with E-state index >= 15 is 0 Å². The molecule has 0 aliphatic rings. The van der Waals surface area contributed by atoms with Crippen molar-refractivity contribution in [2.75, 3.05) is 0 Å². The molecule has 0 saturated carbocycles. The summed E-state index contributed by atoms with van der Waals surface area (Å²) in [4.78, 5) is 0. The van der Waals surface area contributed by atoms with Crippen molar-refractivity contribution in [2.45, 2.75) is 0 Å². The molecular weight excluding hydrogens is 1330 g/mol. The summed E-state index contributed by atoms with van der Waals surface area (Å²) >= 11 is 0. The van der Waals surface area contributed by atoms with Crippen molar-refractivity contribution in [2.24, 2.45) is 0 Å². The molecule has 0 aliphatic heterocycles. The van der Waals surface area contributed by atoms with Crippen LogP contribution in [0, 0.1) is 0 Å². The molecule has 2 heteroatoms. The van der Waals surface area contributed by atoms with Crippen LogP contribution in [-0.4, -0.2) is 0 Å². The first-order chi connectivity index (χ1) is 74.5. The molecule has 0 radical (unpaired) electrons. The summed E-state index contributed by atoms with van der Waals surface area (Å²) in [5.41, 5.74) is -4.47. The Balaban J connectivity index is 0.000000163. The molecular formula is C108H60O2. The first kappa shape index (κ1) is 30.4. The lowest BCUT2D eigenvalue weighted by Crippen LogP contribution is -1.91. The fourth-order valence-corrected chi connectivity index (χ4v) is 15.6. The minimum absolute atomic E-state index is 0.0274. The van der Waals surface area contributed by atoms with Crippen LogP contribution in [0.5, 0.6) is 0 Å². The quantitative estimate of drug-likeness (QED) is 0.155. The van der Waals surface area contributed by atoms with Crippen LogP contribution in [0.1, 0.15) is 65.8 Å². The highest BCUT2D eigenvalue weighted by atomic mass is 16.3. The Morgan fingerprint density at radius 2 is 0.527 bits per heavy atom. The highest BCUT2D eigenvalue weighted by molar-refractivity contribution is 6.30. The van der Waals surface area contributed by atoms with Crippen molar-refractivity contribution in [3.05, 3.63) is 363 Å². The lowest BCUT2D eigenvalue weighted by atomic mass is 9.86. The van der Waals surface area contributed by atoms with Crippen molar-refractivity contribution >= 4 is 195 Å². The highest BCUT2D eigenvalue weighted by Gasteiger charge is 2.22. The van der Waals surface area contributed by atoms with Gasteiger partial charge in [-0.3, -0.25) is 0 Å². The maximum atomic E-state index is 10.3. The third kappa shape index (κ3) is 8.81. The SMILES string of the molecule is [2H]c1c(-c2c([2H])c([2H])c3oc4c([2H])c5c([2H])c([2H])c([2H])c([2H])c5c([2H])c4c3c2[2H])c([2H])c(-c2c([2H])c([2H])c3c([2H])c([2H])c4c([2H])c([2H])c([2H])c5c([2H])c([2H])c2c3c45)c([2H])c1-c1c([2H])c([2H])c2c([2H])c([2H])c3c([2H])c([2H])c([2H])c4c([2H])c([2H])c1c2c34.[2H]c1c([2H])c2c([2H])c([2H])c3c([2H])c([2H])c(-c4cc(-c5ccc6oc7cc8ccccc8cc7c6c5)cc(-c5c([2H])c([2H])c6c([2H])c([2H])c7c([2H])c([2H])c([2H])c8c([2H])c([2H])c5c6c78)c4)c4c([2H])c([2H])c(c1[2H])c2c34. The lowest BCUT2D eigenvalue weighted by molar-refractivity contribution is 0.669. The van der Waals surface area contributed by atoms with Gasteiger partial charge in [-0.05, 0) is 302 Å². The van der Waals surface area contributed by atoms with Crippen LogP contribution in [0.25, 0.3) is 261 Å². The Labute approximate surface area is 697 Å². The maximum Gasteiger partial charge on any atom is 0.136 e. The van der Waals surface area contributed by atoms with Crippen molar-refractivity contribution in [1.82, 2.24) is 0 Å². The molecule has 26 aromatic rings. The number of benzene rings is 24. The van der Waals surface area contributed by atoms with Gasteiger partial charge in [0.2, 0.25) is 0 Å². The Hall–Kier alpha value is -14.4. The van der Waals surface area contributed by atoms with Crippen molar-refractivity contribution < 1.29 is 74.6 Å². The van der Waals surface area contributed by atoms with Gasteiger partial charge < -0.3 is 8.83 Å². The van der Waals surface area contributed by atoms with Crippen LogP contribution >= 0.6 is 0 Å². The van der Waals surface area contributed by atoms with E-state index in [4.69, 9.17) is 43.1 Å². The molecule has 110 heavy (non-hydrogen) atoms. The van der Waals surface area contributed by atoms with Gasteiger partial charge in [-0.25, -0.2) is 0 Å². The van der Waals surface area contributed by atoms with E-state index in [-0.39, 0.29) is 97.7 Å². The molecule has 0 fully saturated rings. The van der Waals surface area contributed by atoms with Crippen LogP contribution < -0.4 is 0 Å². The standard InChI is InChI=1S/2C54H30O/c2*1-2-6-38-30-50-48(28-37(38)5-1)47-29-39(19-24-49(47)55-50)40-25-41(43-20-15-35-13-11-31-7-3-9-33-17-22-45(43)53(35)51(31)33)27-42(26-40)44-21-16-36-14-12-32-8-4-10-34-18-23-46(44)54(36)52(32)34/h2*1-30H/i1D,2D,3D,4D,5D,6D,7D,8D,9D,10D,11D,12D,13D,14D,15D,16D,17D,18D,19D,20D,21D,22D,23D,24D,25D,26D,27D,28D,29D,30D;3D,4D,7D,8D,9D,10D,11D,12D,13D,14D,15D,16D,17D,18D,20D,21D,22D,23D. The van der Waals surface area contributed by atoms with Crippen LogP contribution in [-0.2, 0) is 0 Å². The first-order valence-electron chi connectivity index (χ1n) is 58.3. The van der Waals surface area contributed by atoms with Gasteiger partial charge in [0.1, 0.15) is 22.3 Å². The van der Waals surface area contributed by atoms with E-state index in [9.17, 15) is 31.5 Å². The van der Waals surface area contributed by atoms with Gasteiger partial charge in [-0.1, -0.05) is 278 Å². The minimum Gasteiger partial charge on any atom is -0.456 e. The third-order valence-corrected chi connectivity index (χ3v) is 20.6. The Morgan fingerprint density at radius 1 is 0.164 bits per heavy atom. The zero-order chi connectivity index (χ0) is 113. The zero-order valence-corrected chi connectivity index (χ0v) is 55.7. The fourth-order valence-electron chi connectivity index (χ4n) is 15.6. The average Bonchev–Trinajstić information content (AvgIpc) is 0.782. The molecule has 0 atom stereocenters. The topological polar surface area (TPSA) is 26.3 Å². The average molecular weight is 1440 g/mol. The van der Waals surface area contributed by atoms with Gasteiger partial charge in [-0.2, -0.15) is 0 Å². The Kier molecular flexibility index (Phi) is 6.24. The van der Waals surface area contributed by atoms with E-state index in [2.05, 4.69) is 0 Å². The van der Waals surface area contributed by atoms with Gasteiger partial charge in [0, 0.05) is 21.5 Å². The second-order valence-electron chi connectivity index (χ2n) is 26.6. The summed E-state index contributed by atoms with van der Waals surface area (Å²) in [6, 6.07) is -14.0. The number of hydrogen-bond donors (Lipinski definition) is 0. The summed E-state index contributed by atoms with van der Waals surface area (Å²) in [5.74, 6) is 0. The van der Waals surface area contributed by atoms with Gasteiger partial charge >= 0.3 is 0 Å². The molecule has 2 nitrogen and oxygen atoms in total. The van der Waals surface area contributed by atoms with Crippen LogP contribution in [0.4, 0.5) is 0 Å². The zero-order valence-electron chi connectivity index (χ0n) is 104. The molecule has 26 rings (SSSR count). The maximum absolute atomic E-state index is 10.3. The van der Waals surface area contributed by atoms with Crippen LogP contribution in [0.2, 0.25) is 0 Å². The number of rotatable bonds is 6. The fraction of sp³-hybridized carbons (Fsp3) is 0. The van der Waals surface area contributed by atoms with Crippen molar-refractivity contribution in [1.29, 1.82) is 0 Å². The van der Waals surface area contributed by atoms with Crippen molar-refractivity contribution in [3.63, 3.8) is 0 Å².